The van der Waals surface area contributed by atoms with Gasteiger partial charge < -0.3 is 10.1 Å². The smallest absolute Gasteiger partial charge is 0.231 e. The van der Waals surface area contributed by atoms with E-state index in [1.807, 2.05) is 17.8 Å². The van der Waals surface area contributed by atoms with Gasteiger partial charge >= 0.3 is 0 Å². The predicted octanol–water partition coefficient (Wildman–Crippen LogP) is 1.62. The summed E-state index contributed by atoms with van der Waals surface area (Å²) in [6.45, 7) is 4.79. The molecule has 0 spiro atoms. The number of anilines is 1. The van der Waals surface area contributed by atoms with Crippen molar-refractivity contribution in [2.45, 2.75) is 39.7 Å². The molecule has 0 aliphatic heterocycles. The molecular weight excluding hydrogens is 322 g/mol. The Morgan fingerprint density at radius 1 is 1.28 bits per heavy atom. The van der Waals surface area contributed by atoms with Gasteiger partial charge in [0.15, 0.2) is 11.5 Å². The highest BCUT2D eigenvalue weighted by Crippen LogP contribution is 2.14. The first kappa shape index (κ1) is 16.9. The Hall–Kier alpha value is -2.97. The minimum Gasteiger partial charge on any atom is -0.480 e. The molecule has 9 heteroatoms. The average Bonchev–Trinajstić information content (AvgIpc) is 3.16. The third-order valence-electron chi connectivity index (χ3n) is 3.76. The van der Waals surface area contributed by atoms with Gasteiger partial charge in [0.1, 0.15) is 0 Å². The molecule has 3 aromatic rings. The van der Waals surface area contributed by atoms with Gasteiger partial charge in [-0.05, 0) is 19.4 Å². The molecule has 0 atom stereocenters. The van der Waals surface area contributed by atoms with E-state index in [9.17, 15) is 4.79 Å². The highest BCUT2D eigenvalue weighted by molar-refractivity contribution is 5.91. The number of aryl methyl sites for hydroxylation is 3. The molecule has 1 N–H and O–H groups in total. The Labute approximate surface area is 145 Å². The summed E-state index contributed by atoms with van der Waals surface area (Å²) in [5.74, 6) is 0.984. The molecule has 0 bridgehead atoms. The van der Waals surface area contributed by atoms with Crippen LogP contribution in [0.3, 0.4) is 0 Å². The van der Waals surface area contributed by atoms with Crippen LogP contribution in [0.15, 0.2) is 18.3 Å². The number of hydrogen-bond acceptors (Lipinski definition) is 6. The van der Waals surface area contributed by atoms with Gasteiger partial charge in [0.25, 0.3) is 0 Å². The lowest BCUT2D eigenvalue weighted by atomic mass is 10.2. The Morgan fingerprint density at radius 3 is 2.88 bits per heavy atom. The standard InChI is InChI=1S/C16H21N7O2/c1-4-9-22-10-12(11(2)20-22)17-15(24)7-5-13-18-19-14-6-8-16(25-3)21-23(13)14/h6,8,10H,4-5,7,9H2,1-3H3,(H,17,24). The SMILES string of the molecule is CCCn1cc(NC(=O)CCc2nnc3ccc(OC)nn23)c(C)n1. The van der Waals surface area contributed by atoms with E-state index in [-0.39, 0.29) is 12.3 Å². The van der Waals surface area contributed by atoms with Gasteiger partial charge in [-0.1, -0.05) is 6.92 Å². The highest BCUT2D eigenvalue weighted by Gasteiger charge is 2.12. The van der Waals surface area contributed by atoms with E-state index >= 15 is 0 Å². The van der Waals surface area contributed by atoms with Crippen LogP contribution in [0.5, 0.6) is 5.88 Å². The predicted molar refractivity (Wildman–Crippen MR) is 91.5 cm³/mol. The number of carbonyl (C=O) groups excluding carboxylic acids is 1. The molecule has 0 radical (unpaired) electrons. The van der Waals surface area contributed by atoms with Gasteiger partial charge in [-0.2, -0.15) is 9.61 Å². The van der Waals surface area contributed by atoms with Crippen LogP contribution in [0, 0.1) is 6.92 Å². The fourth-order valence-corrected chi connectivity index (χ4v) is 2.50. The van der Waals surface area contributed by atoms with E-state index < -0.39 is 0 Å². The molecule has 3 heterocycles. The second-order valence-electron chi connectivity index (χ2n) is 5.70. The molecule has 25 heavy (non-hydrogen) atoms. The maximum Gasteiger partial charge on any atom is 0.231 e. The van der Waals surface area contributed by atoms with Gasteiger partial charge in [0, 0.05) is 31.6 Å². The lowest BCUT2D eigenvalue weighted by Crippen LogP contribution is -2.14. The zero-order valence-electron chi connectivity index (χ0n) is 14.6. The molecule has 0 aliphatic carbocycles. The summed E-state index contributed by atoms with van der Waals surface area (Å²) in [4.78, 5) is 12.2. The van der Waals surface area contributed by atoms with E-state index in [0.717, 1.165) is 24.3 Å². The molecule has 3 rings (SSSR count). The number of amides is 1. The Bertz CT molecular complexity index is 884. The molecule has 0 unspecified atom stereocenters. The molecule has 9 nitrogen and oxygen atoms in total. The minimum atomic E-state index is -0.0983. The van der Waals surface area contributed by atoms with Crippen LogP contribution in [-0.2, 0) is 17.8 Å². The molecule has 0 aromatic carbocycles. The maximum absolute atomic E-state index is 12.2. The van der Waals surface area contributed by atoms with Crippen LogP contribution in [0.25, 0.3) is 5.65 Å². The van der Waals surface area contributed by atoms with Gasteiger partial charge in [0.2, 0.25) is 11.8 Å². The fourth-order valence-electron chi connectivity index (χ4n) is 2.50. The van der Waals surface area contributed by atoms with Crippen LogP contribution in [-0.4, -0.2) is 42.6 Å². The van der Waals surface area contributed by atoms with Crippen LogP contribution in [0.4, 0.5) is 5.69 Å². The molecule has 0 fully saturated rings. The first-order chi connectivity index (χ1) is 12.1. The first-order valence-corrected chi connectivity index (χ1v) is 8.20. The van der Waals surface area contributed by atoms with Crippen molar-refractivity contribution < 1.29 is 9.53 Å². The monoisotopic (exact) mass is 343 g/mol. The lowest BCUT2D eigenvalue weighted by Gasteiger charge is -2.03. The van der Waals surface area contributed by atoms with Gasteiger partial charge in [0.05, 0.1) is 18.5 Å². The van der Waals surface area contributed by atoms with Gasteiger partial charge in [-0.25, -0.2) is 0 Å². The van der Waals surface area contributed by atoms with Crippen LogP contribution < -0.4 is 10.1 Å². The molecule has 0 aliphatic rings. The van der Waals surface area contributed by atoms with Crippen molar-refractivity contribution in [3.8, 4) is 5.88 Å². The number of aromatic nitrogens is 6. The molecule has 132 valence electrons. The zero-order valence-corrected chi connectivity index (χ0v) is 14.6. The largest absolute Gasteiger partial charge is 0.480 e. The summed E-state index contributed by atoms with van der Waals surface area (Å²) >= 11 is 0. The average molecular weight is 343 g/mol. The zero-order chi connectivity index (χ0) is 17.8. The van der Waals surface area contributed by atoms with Crippen molar-refractivity contribution in [3.05, 3.63) is 29.8 Å². The number of nitrogens with zero attached hydrogens (tertiary/aromatic N) is 6. The van der Waals surface area contributed by atoms with Crippen LogP contribution in [0.2, 0.25) is 0 Å². The van der Waals surface area contributed by atoms with E-state index in [4.69, 9.17) is 4.74 Å². The van der Waals surface area contributed by atoms with Gasteiger partial charge in [-0.3, -0.25) is 9.48 Å². The Morgan fingerprint density at radius 2 is 2.12 bits per heavy atom. The number of methoxy groups -OCH3 is 1. The number of ether oxygens (including phenoxy) is 1. The fraction of sp³-hybridized carbons (Fsp3) is 0.438. The normalized spacial score (nSPS) is 11.0. The third-order valence-corrected chi connectivity index (χ3v) is 3.76. The number of nitrogens with one attached hydrogen (secondary N) is 1. The minimum absolute atomic E-state index is 0.0983. The summed E-state index contributed by atoms with van der Waals surface area (Å²) < 4.78 is 8.54. The number of fused-ring (bicyclic) bond motifs is 1. The molecule has 0 saturated carbocycles. The van der Waals surface area contributed by atoms with E-state index in [2.05, 4.69) is 32.6 Å². The van der Waals surface area contributed by atoms with Crippen molar-refractivity contribution in [3.63, 3.8) is 0 Å². The second-order valence-corrected chi connectivity index (χ2v) is 5.70. The second kappa shape index (κ2) is 7.29. The van der Waals surface area contributed by atoms with Crippen LogP contribution in [0.1, 0.15) is 31.3 Å². The van der Waals surface area contributed by atoms with E-state index in [1.165, 1.54) is 0 Å². The summed E-state index contributed by atoms with van der Waals surface area (Å²) in [5.41, 5.74) is 2.17. The number of hydrogen-bond donors (Lipinski definition) is 1. The van der Waals surface area contributed by atoms with Crippen molar-refractivity contribution in [1.82, 2.24) is 29.6 Å². The molecule has 0 saturated heterocycles. The van der Waals surface area contributed by atoms with Crippen LogP contribution >= 0.6 is 0 Å². The maximum atomic E-state index is 12.2. The summed E-state index contributed by atoms with van der Waals surface area (Å²) in [6, 6.07) is 3.49. The first-order valence-electron chi connectivity index (χ1n) is 8.20. The molecular formula is C16H21N7O2. The summed E-state index contributed by atoms with van der Waals surface area (Å²) in [5, 5.41) is 19.7. The lowest BCUT2D eigenvalue weighted by molar-refractivity contribution is -0.116. The Kier molecular flexibility index (Phi) is 4.92. The molecule has 3 aromatic heterocycles. The summed E-state index contributed by atoms with van der Waals surface area (Å²) in [6.07, 6.45) is 3.55. The van der Waals surface area contributed by atoms with Gasteiger partial charge in [-0.15, -0.1) is 15.3 Å². The number of carbonyl (C=O) groups is 1. The van der Waals surface area contributed by atoms with Crippen molar-refractivity contribution in [2.24, 2.45) is 0 Å². The Balaban J connectivity index is 1.64. The van der Waals surface area contributed by atoms with E-state index in [1.54, 1.807) is 23.8 Å². The molecule has 1 amide bonds. The third kappa shape index (κ3) is 3.76. The highest BCUT2D eigenvalue weighted by atomic mass is 16.5. The summed E-state index contributed by atoms with van der Waals surface area (Å²) in [7, 11) is 1.55. The number of rotatable bonds is 7. The van der Waals surface area contributed by atoms with Crippen molar-refractivity contribution in [1.29, 1.82) is 0 Å². The quantitative estimate of drug-likeness (QED) is 0.700. The van der Waals surface area contributed by atoms with E-state index in [0.29, 0.717) is 23.8 Å². The van der Waals surface area contributed by atoms with Crippen molar-refractivity contribution in [2.75, 3.05) is 12.4 Å². The topological polar surface area (TPSA) is 99.2 Å². The van der Waals surface area contributed by atoms with Crippen molar-refractivity contribution >= 4 is 17.2 Å².